The highest BCUT2D eigenvalue weighted by Crippen LogP contribution is 2.53. The third-order valence-corrected chi connectivity index (χ3v) is 6.41. The number of nitrogens with one attached hydrogen (secondary N) is 1. The van der Waals surface area contributed by atoms with Crippen molar-refractivity contribution < 1.29 is 24.9 Å². The Labute approximate surface area is 189 Å². The zero-order valence-electron chi connectivity index (χ0n) is 17.4. The Morgan fingerprint density at radius 2 is 1.70 bits per heavy atom. The predicted octanol–water partition coefficient (Wildman–Crippen LogP) is -1.38. The zero-order valence-corrected chi connectivity index (χ0v) is 17.4. The number of carbonyl (C=O) groups excluding carboxylic acids is 1. The van der Waals surface area contributed by atoms with Crippen molar-refractivity contribution >= 4 is 17.9 Å². The Kier molecular flexibility index (Phi) is 4.78. The molecule has 0 saturated carbocycles. The number of aliphatic hydroxyl groups is 3. The molecule has 0 bridgehead atoms. The van der Waals surface area contributed by atoms with Crippen molar-refractivity contribution in [2.45, 2.75) is 35.7 Å². The Balaban J connectivity index is 1.68. The number of aliphatic imine (C=N–C) groups is 2. The minimum absolute atomic E-state index is 0.0809. The highest BCUT2D eigenvalue weighted by atomic mass is 16.6. The lowest BCUT2D eigenvalue weighted by atomic mass is 9.85. The fourth-order valence-electron chi connectivity index (χ4n) is 5.04. The molecule has 0 aliphatic carbocycles. The Morgan fingerprint density at radius 3 is 2.33 bits per heavy atom. The van der Waals surface area contributed by atoms with E-state index in [-0.39, 0.29) is 17.5 Å². The lowest BCUT2D eigenvalue weighted by Gasteiger charge is -2.49. The van der Waals surface area contributed by atoms with Gasteiger partial charge in [0.05, 0.1) is 12.2 Å². The fraction of sp³-hybridized carbons (Fsp3) is 0.318. The van der Waals surface area contributed by atoms with E-state index in [1.54, 1.807) is 60.7 Å². The monoisotopic (exact) mass is 452 g/mol. The van der Waals surface area contributed by atoms with E-state index < -0.39 is 48.3 Å². The number of ether oxygens (including phenoxy) is 1. The van der Waals surface area contributed by atoms with Crippen LogP contribution in [0.3, 0.4) is 0 Å². The molecule has 0 radical (unpaired) electrons. The number of aliphatic hydroxyl groups excluding tert-OH is 1. The van der Waals surface area contributed by atoms with Gasteiger partial charge in [0.1, 0.15) is 18.1 Å². The van der Waals surface area contributed by atoms with Crippen LogP contribution in [0.15, 0.2) is 70.6 Å². The van der Waals surface area contributed by atoms with Crippen LogP contribution in [0.4, 0.5) is 0 Å². The van der Waals surface area contributed by atoms with E-state index in [2.05, 4.69) is 15.3 Å². The lowest BCUT2D eigenvalue weighted by molar-refractivity contribution is -0.258. The van der Waals surface area contributed by atoms with E-state index in [0.29, 0.717) is 5.56 Å². The number of esters is 1. The molecule has 11 nitrogen and oxygen atoms in total. The van der Waals surface area contributed by atoms with E-state index in [1.165, 1.54) is 4.90 Å². The predicted molar refractivity (Wildman–Crippen MR) is 118 cm³/mol. The average molecular weight is 452 g/mol. The molecule has 5 rings (SSSR count). The number of benzene rings is 2. The maximum atomic E-state index is 13.0. The summed E-state index contributed by atoms with van der Waals surface area (Å²) < 4.78 is 5.74. The minimum atomic E-state index is -2.73. The lowest BCUT2D eigenvalue weighted by Crippen LogP contribution is -2.77. The summed E-state index contributed by atoms with van der Waals surface area (Å²) >= 11 is 0. The first-order chi connectivity index (χ1) is 15.8. The standard InChI is InChI=1S/C22H24N6O5/c23-19-26-16-14(11-29)25-20(24)28-15(12-7-3-1-4-8-12)17(22(31,32)21(16,28)27-19)33-18(30)13-9-5-2-6-10-13/h1-10,14-17,29,31-32H,11H2,(H2,24,25)(H3,23,26,27)/t14?,15-,16+,17+,21?/m1/s1. The minimum Gasteiger partial charge on any atom is -0.450 e. The quantitative estimate of drug-likeness (QED) is 0.241. The van der Waals surface area contributed by atoms with Crippen LogP contribution in [-0.2, 0) is 4.74 Å². The van der Waals surface area contributed by atoms with Gasteiger partial charge in [0.15, 0.2) is 23.7 Å². The molecule has 8 N–H and O–H groups in total. The molecule has 172 valence electrons. The molecule has 3 aliphatic rings. The summed E-state index contributed by atoms with van der Waals surface area (Å²) in [6.07, 6.45) is -1.52. The third kappa shape index (κ3) is 2.90. The summed E-state index contributed by atoms with van der Waals surface area (Å²) in [5, 5.41) is 36.0. The van der Waals surface area contributed by atoms with Gasteiger partial charge in [-0.1, -0.05) is 48.5 Å². The van der Waals surface area contributed by atoms with Crippen LogP contribution >= 0.6 is 0 Å². The molecule has 5 atom stereocenters. The molecule has 0 aromatic heterocycles. The van der Waals surface area contributed by atoms with Crippen molar-refractivity contribution in [3.63, 3.8) is 0 Å². The summed E-state index contributed by atoms with van der Waals surface area (Å²) in [6, 6.07) is 14.2. The van der Waals surface area contributed by atoms with Gasteiger partial charge in [-0.2, -0.15) is 0 Å². The molecule has 33 heavy (non-hydrogen) atoms. The van der Waals surface area contributed by atoms with Crippen LogP contribution in [-0.4, -0.2) is 74.4 Å². The van der Waals surface area contributed by atoms with Crippen molar-refractivity contribution in [2.75, 3.05) is 6.61 Å². The zero-order chi connectivity index (χ0) is 23.4. The van der Waals surface area contributed by atoms with Gasteiger partial charge in [0, 0.05) is 0 Å². The van der Waals surface area contributed by atoms with Crippen LogP contribution in [0.5, 0.6) is 0 Å². The molecule has 1 spiro atoms. The molecule has 2 aromatic carbocycles. The van der Waals surface area contributed by atoms with Gasteiger partial charge in [-0.15, -0.1) is 0 Å². The molecule has 2 aromatic rings. The number of guanidine groups is 2. The first kappa shape index (κ1) is 21.2. The van der Waals surface area contributed by atoms with Crippen molar-refractivity contribution in [3.8, 4) is 0 Å². The second kappa shape index (κ2) is 7.44. The summed E-state index contributed by atoms with van der Waals surface area (Å²) in [7, 11) is 0. The van der Waals surface area contributed by atoms with Gasteiger partial charge in [0.2, 0.25) is 5.79 Å². The SMILES string of the molecule is NC1=N[C@H]2C(CO)N=C(N)N3[C@H](c4ccccc4)[C@H](OC(=O)c4ccccc4)C(O)(O)C23N1. The number of rotatable bonds is 4. The largest absolute Gasteiger partial charge is 0.450 e. The van der Waals surface area contributed by atoms with E-state index in [0.717, 1.165) is 0 Å². The molecule has 11 heteroatoms. The fourth-order valence-corrected chi connectivity index (χ4v) is 5.04. The van der Waals surface area contributed by atoms with Crippen molar-refractivity contribution in [2.24, 2.45) is 21.5 Å². The highest BCUT2D eigenvalue weighted by molar-refractivity contribution is 5.90. The van der Waals surface area contributed by atoms with Gasteiger partial charge in [-0.05, 0) is 17.7 Å². The molecule has 3 heterocycles. The number of nitrogens with two attached hydrogens (primary N) is 2. The van der Waals surface area contributed by atoms with Gasteiger partial charge in [-0.3, -0.25) is 0 Å². The number of carbonyl (C=O) groups is 1. The van der Waals surface area contributed by atoms with Gasteiger partial charge < -0.3 is 41.7 Å². The summed E-state index contributed by atoms with van der Waals surface area (Å²) in [4.78, 5) is 23.0. The maximum absolute atomic E-state index is 13.0. The molecule has 1 saturated heterocycles. The second-order valence-electron chi connectivity index (χ2n) is 8.23. The normalized spacial score (nSPS) is 31.7. The Bertz CT molecular complexity index is 1120. The van der Waals surface area contributed by atoms with Crippen LogP contribution < -0.4 is 16.8 Å². The first-order valence-corrected chi connectivity index (χ1v) is 10.4. The van der Waals surface area contributed by atoms with Crippen molar-refractivity contribution in [1.82, 2.24) is 10.2 Å². The summed E-state index contributed by atoms with van der Waals surface area (Å²) in [6.45, 7) is -0.458. The number of nitrogens with zero attached hydrogens (tertiary/aromatic N) is 3. The second-order valence-corrected chi connectivity index (χ2v) is 8.23. The van der Waals surface area contributed by atoms with E-state index in [1.807, 2.05) is 0 Å². The molecular formula is C22H24N6O5. The smallest absolute Gasteiger partial charge is 0.338 e. The van der Waals surface area contributed by atoms with Crippen LogP contribution in [0, 0.1) is 0 Å². The highest BCUT2D eigenvalue weighted by Gasteiger charge is 2.77. The molecule has 1 fully saturated rings. The third-order valence-electron chi connectivity index (χ3n) is 6.41. The van der Waals surface area contributed by atoms with Crippen molar-refractivity contribution in [3.05, 3.63) is 71.8 Å². The van der Waals surface area contributed by atoms with Gasteiger partial charge in [0.25, 0.3) is 0 Å². The van der Waals surface area contributed by atoms with Crippen LogP contribution in [0.2, 0.25) is 0 Å². The first-order valence-electron chi connectivity index (χ1n) is 10.4. The van der Waals surface area contributed by atoms with Gasteiger partial charge in [-0.25, -0.2) is 14.8 Å². The summed E-state index contributed by atoms with van der Waals surface area (Å²) in [5.41, 5.74) is 11.3. The van der Waals surface area contributed by atoms with E-state index >= 15 is 0 Å². The van der Waals surface area contributed by atoms with E-state index in [4.69, 9.17) is 16.2 Å². The molecule has 3 aliphatic heterocycles. The Morgan fingerprint density at radius 1 is 1.06 bits per heavy atom. The van der Waals surface area contributed by atoms with Crippen LogP contribution in [0.1, 0.15) is 22.0 Å². The average Bonchev–Trinajstić information content (AvgIpc) is 3.27. The topological polar surface area (TPSA) is 179 Å². The van der Waals surface area contributed by atoms with Crippen molar-refractivity contribution in [1.29, 1.82) is 0 Å². The maximum Gasteiger partial charge on any atom is 0.338 e. The Hall–Kier alpha value is -3.67. The molecule has 2 unspecified atom stereocenters. The molecule has 0 amide bonds. The number of hydrogen-bond acceptors (Lipinski definition) is 11. The van der Waals surface area contributed by atoms with Crippen LogP contribution in [0.25, 0.3) is 0 Å². The number of hydrogen-bond donors (Lipinski definition) is 6. The summed E-state index contributed by atoms with van der Waals surface area (Å²) in [5.74, 6) is -3.64. The van der Waals surface area contributed by atoms with Gasteiger partial charge >= 0.3 is 5.97 Å². The van der Waals surface area contributed by atoms with E-state index in [9.17, 15) is 20.1 Å². The molecular weight excluding hydrogens is 428 g/mol.